The van der Waals surface area contributed by atoms with Gasteiger partial charge in [-0.2, -0.15) is 0 Å². The summed E-state index contributed by atoms with van der Waals surface area (Å²) in [6.45, 7) is -5.25. The van der Waals surface area contributed by atoms with E-state index in [-0.39, 0.29) is 5.33 Å². The fourth-order valence-corrected chi connectivity index (χ4v) is 1.28. The Labute approximate surface area is 81.1 Å². The Bertz CT molecular complexity index is 310. The van der Waals surface area contributed by atoms with Crippen molar-refractivity contribution in [1.29, 1.82) is 0 Å². The third-order valence-corrected chi connectivity index (χ3v) is 2.21. The van der Waals surface area contributed by atoms with Gasteiger partial charge in [0.15, 0.2) is 0 Å². The Kier molecular flexibility index (Phi) is 3.00. The van der Waals surface area contributed by atoms with Gasteiger partial charge in [0.1, 0.15) is 0 Å². The van der Waals surface area contributed by atoms with E-state index in [2.05, 4.69) is 15.9 Å². The summed E-state index contributed by atoms with van der Waals surface area (Å²) >= 11 is 3.00. The molecule has 0 amide bonds. The molecule has 0 radical (unpaired) electrons. The molecule has 0 aliphatic rings. The number of rotatable bonds is 2. The van der Waals surface area contributed by atoms with Crippen molar-refractivity contribution in [3.63, 3.8) is 0 Å². The smallest absolute Gasteiger partial charge is 0.445 e. The van der Waals surface area contributed by atoms with Crippen LogP contribution in [0.4, 0.5) is 17.3 Å². The molecule has 0 bridgehead atoms. The monoisotopic (exact) mass is 255 g/mol. The zero-order chi connectivity index (χ0) is 10.1. The minimum Gasteiger partial charge on any atom is -0.445 e. The van der Waals surface area contributed by atoms with E-state index in [4.69, 9.17) is 0 Å². The summed E-state index contributed by atoms with van der Waals surface area (Å²) in [7, 11) is 0. The average molecular weight is 256 g/mol. The third kappa shape index (κ3) is 2.46. The van der Waals surface area contributed by atoms with Gasteiger partial charge in [0, 0.05) is 5.33 Å². The van der Waals surface area contributed by atoms with Crippen molar-refractivity contribution < 1.29 is 17.3 Å². The van der Waals surface area contributed by atoms with Crippen molar-refractivity contribution >= 4 is 28.4 Å². The first kappa shape index (κ1) is 10.6. The van der Waals surface area contributed by atoms with Crippen LogP contribution in [0.5, 0.6) is 0 Å². The summed E-state index contributed by atoms with van der Waals surface area (Å²) in [4.78, 5) is 0. The van der Waals surface area contributed by atoms with Crippen molar-refractivity contribution in [3.8, 4) is 0 Å². The summed E-state index contributed by atoms with van der Waals surface area (Å²) < 4.78 is 49.2. The molecule has 0 aliphatic heterocycles. The van der Waals surface area contributed by atoms with E-state index in [1.807, 2.05) is 0 Å². The van der Waals surface area contributed by atoms with Crippen LogP contribution in [-0.4, -0.2) is 6.98 Å². The second kappa shape index (κ2) is 3.70. The predicted molar refractivity (Wildman–Crippen MR) is 47.7 cm³/mol. The Morgan fingerprint density at radius 1 is 1.23 bits per heavy atom. The normalized spacial score (nSPS) is 11.8. The van der Waals surface area contributed by atoms with Crippen LogP contribution >= 0.6 is 15.9 Å². The number of hydrogen-bond donors (Lipinski definition) is 0. The van der Waals surface area contributed by atoms with Gasteiger partial charge >= 0.3 is 6.98 Å². The molecule has 0 spiro atoms. The van der Waals surface area contributed by atoms with Crippen LogP contribution in [0.3, 0.4) is 0 Å². The molecule has 0 aromatic heterocycles. The van der Waals surface area contributed by atoms with Gasteiger partial charge in [-0.15, -0.1) is 0 Å². The van der Waals surface area contributed by atoms with Crippen molar-refractivity contribution in [2.45, 2.75) is 5.33 Å². The van der Waals surface area contributed by atoms with E-state index in [9.17, 15) is 17.3 Å². The van der Waals surface area contributed by atoms with E-state index >= 15 is 0 Å². The Morgan fingerprint density at radius 3 is 2.31 bits per heavy atom. The molecule has 0 aliphatic carbocycles. The predicted octanol–water partition coefficient (Wildman–Crippen LogP) is 2.78. The highest BCUT2D eigenvalue weighted by Gasteiger charge is 2.28. The van der Waals surface area contributed by atoms with Gasteiger partial charge in [-0.25, -0.2) is 4.39 Å². The molecule has 0 unspecified atom stereocenters. The fourth-order valence-electron chi connectivity index (χ4n) is 0.927. The van der Waals surface area contributed by atoms with Crippen LogP contribution in [0.25, 0.3) is 0 Å². The van der Waals surface area contributed by atoms with Gasteiger partial charge in [-0.05, 0) is 11.6 Å². The van der Waals surface area contributed by atoms with Crippen LogP contribution in [0.1, 0.15) is 5.56 Å². The third-order valence-electron chi connectivity index (χ3n) is 1.57. The highest BCUT2D eigenvalue weighted by atomic mass is 79.9. The minimum atomic E-state index is -5.25. The van der Waals surface area contributed by atoms with E-state index in [1.165, 1.54) is 6.07 Å². The zero-order valence-corrected chi connectivity index (χ0v) is 7.99. The molecule has 0 fully saturated rings. The summed E-state index contributed by atoms with van der Waals surface area (Å²) in [6.07, 6.45) is 0. The first-order chi connectivity index (χ1) is 5.95. The maximum Gasteiger partial charge on any atom is 0.512 e. The van der Waals surface area contributed by atoms with Crippen molar-refractivity contribution in [1.82, 2.24) is 0 Å². The van der Waals surface area contributed by atoms with Gasteiger partial charge in [0.2, 0.25) is 0 Å². The van der Waals surface area contributed by atoms with Gasteiger partial charge < -0.3 is 12.9 Å². The Morgan fingerprint density at radius 2 is 1.85 bits per heavy atom. The molecule has 1 aromatic rings. The maximum absolute atomic E-state index is 12.7. The lowest BCUT2D eigenvalue weighted by atomic mass is 9.79. The van der Waals surface area contributed by atoms with Gasteiger partial charge in [0.25, 0.3) is 0 Å². The molecule has 13 heavy (non-hydrogen) atoms. The Hall–Kier alpha value is -0.515. The quantitative estimate of drug-likeness (QED) is 0.433. The molecule has 1 aromatic carbocycles. The summed E-state index contributed by atoms with van der Waals surface area (Å²) in [6, 6.07) is 2.97. The largest absolute Gasteiger partial charge is 0.512 e. The molecule has 0 heterocycles. The van der Waals surface area contributed by atoms with Gasteiger partial charge in [-0.3, -0.25) is 0 Å². The van der Waals surface area contributed by atoms with Crippen LogP contribution in [0, 0.1) is 5.82 Å². The first-order valence-electron chi connectivity index (χ1n) is 3.49. The van der Waals surface area contributed by atoms with E-state index in [1.54, 1.807) is 0 Å². The minimum absolute atomic E-state index is 0.284. The van der Waals surface area contributed by atoms with Crippen LogP contribution < -0.4 is 5.46 Å². The molecule has 0 saturated heterocycles. The van der Waals surface area contributed by atoms with E-state index in [0.717, 1.165) is 12.1 Å². The Balaban J connectivity index is 3.19. The molecule has 0 atom stereocenters. The van der Waals surface area contributed by atoms with Gasteiger partial charge in [-0.1, -0.05) is 33.5 Å². The number of hydrogen-bond acceptors (Lipinski definition) is 0. The standard InChI is InChI=1S/C7H5BBrF4/c9-4-5-1-2-7(10)6(3-5)8(11,12)13/h1-3H,4H2/q-1. The van der Waals surface area contributed by atoms with Crippen molar-refractivity contribution in [2.75, 3.05) is 0 Å². The summed E-state index contributed by atoms with van der Waals surface area (Å²) in [5.74, 6) is -1.21. The topological polar surface area (TPSA) is 0 Å². The fraction of sp³-hybridized carbons (Fsp3) is 0.143. The average Bonchev–Trinajstić information content (AvgIpc) is 2.03. The van der Waals surface area contributed by atoms with E-state index < -0.39 is 18.3 Å². The first-order valence-corrected chi connectivity index (χ1v) is 4.61. The molecule has 0 saturated carbocycles. The molecular weight excluding hydrogens is 251 g/mol. The van der Waals surface area contributed by atoms with Crippen molar-refractivity contribution in [2.24, 2.45) is 0 Å². The second-order valence-electron chi connectivity index (χ2n) is 2.56. The molecular formula is C7H5BBrF4-. The van der Waals surface area contributed by atoms with E-state index in [0.29, 0.717) is 5.56 Å². The van der Waals surface area contributed by atoms with Gasteiger partial charge in [0.05, 0.1) is 5.82 Å². The molecule has 6 heteroatoms. The number of benzene rings is 1. The highest BCUT2D eigenvalue weighted by Crippen LogP contribution is 2.14. The molecule has 72 valence electrons. The lowest BCUT2D eigenvalue weighted by Gasteiger charge is -2.16. The lowest BCUT2D eigenvalue weighted by Crippen LogP contribution is -2.36. The molecule has 0 N–H and O–H groups in total. The SMILES string of the molecule is Fc1ccc(CBr)cc1[B-](F)(F)F. The maximum atomic E-state index is 12.7. The summed E-state index contributed by atoms with van der Waals surface area (Å²) in [5.41, 5.74) is -0.743. The van der Waals surface area contributed by atoms with Crippen LogP contribution in [-0.2, 0) is 5.33 Å². The number of halogens is 5. The number of alkyl halides is 1. The van der Waals surface area contributed by atoms with Crippen LogP contribution in [0.2, 0.25) is 0 Å². The zero-order valence-electron chi connectivity index (χ0n) is 6.41. The molecule has 0 nitrogen and oxygen atoms in total. The van der Waals surface area contributed by atoms with Crippen molar-refractivity contribution in [3.05, 3.63) is 29.6 Å². The van der Waals surface area contributed by atoms with Crippen LogP contribution in [0.15, 0.2) is 18.2 Å². The second-order valence-corrected chi connectivity index (χ2v) is 3.12. The summed E-state index contributed by atoms with van der Waals surface area (Å²) in [5, 5.41) is 0.284. The molecule has 1 rings (SSSR count). The lowest BCUT2D eigenvalue weighted by molar-refractivity contribution is 0.494. The highest BCUT2D eigenvalue weighted by molar-refractivity contribution is 9.08.